The molecule has 4 fully saturated rings. The summed E-state index contributed by atoms with van der Waals surface area (Å²) in [6.45, 7) is 6.21. The Bertz CT molecular complexity index is 236. The minimum absolute atomic E-state index is 0. The molecule has 0 unspecified atom stereocenters. The number of thioether (sulfide) groups is 1. The molecule has 18 heavy (non-hydrogen) atoms. The molecule has 0 bridgehead atoms. The molecular formula is C14H29N3S. The Morgan fingerprint density at radius 2 is 1.28 bits per heavy atom. The van der Waals surface area contributed by atoms with E-state index in [2.05, 4.69) is 27.7 Å². The number of nitrogens with one attached hydrogen (secondary N) is 3. The molecule has 0 amide bonds. The maximum absolute atomic E-state index is 3.52. The Balaban J connectivity index is 0.000000133. The van der Waals surface area contributed by atoms with Crippen molar-refractivity contribution in [3.8, 4) is 0 Å². The second kappa shape index (κ2) is 5.70. The lowest BCUT2D eigenvalue weighted by Crippen LogP contribution is -2.61. The van der Waals surface area contributed by atoms with Crippen molar-refractivity contribution < 1.29 is 1.43 Å². The molecule has 4 rings (SSSR count). The predicted octanol–water partition coefficient (Wildman–Crippen LogP) is 1.45. The zero-order valence-corrected chi connectivity index (χ0v) is 12.2. The average molecular weight is 271 g/mol. The molecule has 4 aliphatic rings. The van der Waals surface area contributed by atoms with Crippen LogP contribution in [0.4, 0.5) is 0 Å². The summed E-state index contributed by atoms with van der Waals surface area (Å²) in [5, 5.41) is 10.3. The molecular weight excluding hydrogens is 242 g/mol. The number of hydrogen-bond donors (Lipinski definition) is 3. The summed E-state index contributed by atoms with van der Waals surface area (Å²) < 4.78 is 0. The fraction of sp³-hybridized carbons (Fsp3) is 1.00. The Hall–Kier alpha value is 0.230. The van der Waals surface area contributed by atoms with Gasteiger partial charge in [-0.15, -0.1) is 0 Å². The van der Waals surface area contributed by atoms with E-state index in [-0.39, 0.29) is 1.43 Å². The van der Waals surface area contributed by atoms with Crippen LogP contribution in [-0.2, 0) is 0 Å². The van der Waals surface area contributed by atoms with E-state index in [4.69, 9.17) is 0 Å². The van der Waals surface area contributed by atoms with Gasteiger partial charge in [0.15, 0.2) is 0 Å². The third-order valence-electron chi connectivity index (χ3n) is 5.14. The minimum Gasteiger partial charge on any atom is -0.317 e. The molecule has 106 valence electrons. The van der Waals surface area contributed by atoms with E-state index in [0.29, 0.717) is 5.54 Å². The molecule has 0 radical (unpaired) electrons. The summed E-state index contributed by atoms with van der Waals surface area (Å²) in [7, 11) is 0. The molecule has 4 heteroatoms. The van der Waals surface area contributed by atoms with Gasteiger partial charge in [0.25, 0.3) is 0 Å². The molecule has 0 aliphatic carbocycles. The van der Waals surface area contributed by atoms with E-state index in [9.17, 15) is 0 Å². The molecule has 0 saturated carbocycles. The van der Waals surface area contributed by atoms with E-state index >= 15 is 0 Å². The van der Waals surface area contributed by atoms with Gasteiger partial charge in [-0.3, -0.25) is 0 Å². The Morgan fingerprint density at radius 1 is 0.722 bits per heavy atom. The highest BCUT2D eigenvalue weighted by atomic mass is 32.2. The van der Waals surface area contributed by atoms with Gasteiger partial charge in [-0.2, -0.15) is 11.8 Å². The van der Waals surface area contributed by atoms with Crippen LogP contribution >= 0.6 is 11.8 Å². The Labute approximate surface area is 117 Å². The first-order valence-corrected chi connectivity index (χ1v) is 8.72. The molecule has 2 spiro atoms. The maximum atomic E-state index is 3.52. The van der Waals surface area contributed by atoms with Crippen LogP contribution in [0.25, 0.3) is 0 Å². The van der Waals surface area contributed by atoms with E-state index in [1.54, 1.807) is 0 Å². The van der Waals surface area contributed by atoms with Crippen LogP contribution in [0.2, 0.25) is 0 Å². The second-order valence-corrected chi connectivity index (χ2v) is 7.44. The maximum Gasteiger partial charge on any atom is 0.0217 e. The Kier molecular flexibility index (Phi) is 4.18. The molecule has 0 aromatic rings. The quantitative estimate of drug-likeness (QED) is 0.623. The summed E-state index contributed by atoms with van der Waals surface area (Å²) in [4.78, 5) is 0. The summed E-state index contributed by atoms with van der Waals surface area (Å²) in [6.07, 6.45) is 6.95. The van der Waals surface area contributed by atoms with Gasteiger partial charge in [0.05, 0.1) is 0 Å². The van der Waals surface area contributed by atoms with Gasteiger partial charge < -0.3 is 16.0 Å². The van der Waals surface area contributed by atoms with E-state index in [0.717, 1.165) is 5.41 Å². The smallest absolute Gasteiger partial charge is 0.0217 e. The first-order chi connectivity index (χ1) is 8.83. The third-order valence-corrected chi connectivity index (χ3v) is 6.78. The molecule has 0 atom stereocenters. The van der Waals surface area contributed by atoms with E-state index < -0.39 is 0 Å². The lowest BCUT2D eigenvalue weighted by molar-refractivity contribution is 0.153. The summed E-state index contributed by atoms with van der Waals surface area (Å²) >= 11 is 2.11. The highest BCUT2D eigenvalue weighted by Crippen LogP contribution is 2.44. The van der Waals surface area contributed by atoms with Crippen LogP contribution in [-0.4, -0.2) is 49.8 Å². The number of rotatable bonds is 0. The SMILES string of the molecule is C1CC2(CCN1)CCN2.C1CC2(CCN1)CSC2.[HH]. The van der Waals surface area contributed by atoms with E-state index in [1.807, 2.05) is 0 Å². The van der Waals surface area contributed by atoms with Crippen molar-refractivity contribution in [1.82, 2.24) is 16.0 Å². The van der Waals surface area contributed by atoms with Crippen molar-refractivity contribution >= 4 is 11.8 Å². The monoisotopic (exact) mass is 271 g/mol. The highest BCUT2D eigenvalue weighted by Gasteiger charge is 2.38. The molecule has 3 N–H and O–H groups in total. The fourth-order valence-corrected chi connectivity index (χ4v) is 4.81. The van der Waals surface area contributed by atoms with Crippen molar-refractivity contribution in [2.75, 3.05) is 44.2 Å². The van der Waals surface area contributed by atoms with Crippen molar-refractivity contribution in [3.05, 3.63) is 0 Å². The summed E-state index contributed by atoms with van der Waals surface area (Å²) in [6, 6.07) is 0. The average Bonchev–Trinajstić information content (AvgIpc) is 2.38. The van der Waals surface area contributed by atoms with Crippen LogP contribution < -0.4 is 16.0 Å². The molecule has 0 aromatic carbocycles. The number of piperidine rings is 2. The first kappa shape index (κ1) is 13.2. The van der Waals surface area contributed by atoms with Crippen molar-refractivity contribution in [2.45, 2.75) is 37.6 Å². The van der Waals surface area contributed by atoms with Crippen molar-refractivity contribution in [3.63, 3.8) is 0 Å². The molecule has 0 aromatic heterocycles. The zero-order valence-electron chi connectivity index (χ0n) is 11.4. The topological polar surface area (TPSA) is 36.1 Å². The van der Waals surface area contributed by atoms with Gasteiger partial charge in [-0.25, -0.2) is 0 Å². The largest absolute Gasteiger partial charge is 0.317 e. The second-order valence-electron chi connectivity index (χ2n) is 6.45. The summed E-state index contributed by atoms with van der Waals surface area (Å²) in [5.41, 5.74) is 1.39. The van der Waals surface area contributed by atoms with E-state index in [1.165, 1.54) is 76.3 Å². The van der Waals surface area contributed by atoms with Crippen molar-refractivity contribution in [1.29, 1.82) is 0 Å². The molecule has 4 saturated heterocycles. The van der Waals surface area contributed by atoms with Crippen LogP contribution in [0.1, 0.15) is 33.5 Å². The lowest BCUT2D eigenvalue weighted by Gasteiger charge is -2.46. The predicted molar refractivity (Wildman–Crippen MR) is 81.4 cm³/mol. The van der Waals surface area contributed by atoms with Crippen molar-refractivity contribution in [2.24, 2.45) is 5.41 Å². The van der Waals surface area contributed by atoms with Gasteiger partial charge in [-0.1, -0.05) is 0 Å². The van der Waals surface area contributed by atoms with Gasteiger partial charge in [-0.05, 0) is 81.7 Å². The van der Waals surface area contributed by atoms with Gasteiger partial charge >= 0.3 is 0 Å². The number of hydrogen-bond acceptors (Lipinski definition) is 4. The highest BCUT2D eigenvalue weighted by molar-refractivity contribution is 8.00. The van der Waals surface area contributed by atoms with Crippen LogP contribution in [0.5, 0.6) is 0 Å². The molecule has 4 aliphatic heterocycles. The fourth-order valence-electron chi connectivity index (χ4n) is 3.45. The first-order valence-electron chi connectivity index (χ1n) is 7.57. The normalized spacial score (nSPS) is 32.0. The zero-order chi connectivity index (χ0) is 12.3. The van der Waals surface area contributed by atoms with Gasteiger partial charge in [0.2, 0.25) is 0 Å². The molecule has 4 heterocycles. The lowest BCUT2D eigenvalue weighted by atomic mass is 9.80. The molecule has 3 nitrogen and oxygen atoms in total. The van der Waals surface area contributed by atoms with Crippen LogP contribution in [0.3, 0.4) is 0 Å². The van der Waals surface area contributed by atoms with Gasteiger partial charge in [0, 0.05) is 6.97 Å². The van der Waals surface area contributed by atoms with Crippen LogP contribution in [0, 0.1) is 5.41 Å². The van der Waals surface area contributed by atoms with Gasteiger partial charge in [0.1, 0.15) is 0 Å². The summed E-state index contributed by atoms with van der Waals surface area (Å²) in [5.74, 6) is 2.88. The standard InChI is InChI=1S/C7H14N2.C7H13NS.H2/c1-4-8-5-2-7(1)3-6-9-7;1-3-8-4-2-7(1)5-9-6-7;/h8-9H,1-6H2;8H,1-6H2;1H. The van der Waals surface area contributed by atoms with Crippen LogP contribution in [0.15, 0.2) is 0 Å². The third kappa shape index (κ3) is 2.87. The minimum atomic E-state index is 0. The Morgan fingerprint density at radius 3 is 1.56 bits per heavy atom.